The van der Waals surface area contributed by atoms with Crippen LogP contribution in [-0.2, 0) is 22.2 Å². The van der Waals surface area contributed by atoms with Crippen molar-refractivity contribution in [3.05, 3.63) is 35.4 Å². The Balaban J connectivity index is 1.48. The van der Waals surface area contributed by atoms with Crippen LogP contribution in [-0.4, -0.2) is 71.8 Å². The first-order chi connectivity index (χ1) is 13.8. The highest BCUT2D eigenvalue weighted by atomic mass is 19.4. The SMILES string of the molecule is CC(C(=O)N1CCCCC1)N1CCN(C(=O)Cc2ccc(C(F)(F)F)cc2)CC1. The highest BCUT2D eigenvalue weighted by Gasteiger charge is 2.31. The Morgan fingerprint density at radius 3 is 2.03 bits per heavy atom. The first-order valence-electron chi connectivity index (χ1n) is 10.2. The minimum Gasteiger partial charge on any atom is -0.341 e. The predicted molar refractivity (Wildman–Crippen MR) is 103 cm³/mol. The molecule has 2 aliphatic rings. The lowest BCUT2D eigenvalue weighted by Gasteiger charge is -2.39. The van der Waals surface area contributed by atoms with Crippen LogP contribution in [0.1, 0.15) is 37.3 Å². The molecular formula is C21H28F3N3O2. The zero-order chi connectivity index (χ0) is 21.0. The Bertz CT molecular complexity index is 707. The summed E-state index contributed by atoms with van der Waals surface area (Å²) in [4.78, 5) is 31.0. The number of alkyl halides is 3. The number of likely N-dealkylation sites (tertiary alicyclic amines) is 1. The van der Waals surface area contributed by atoms with E-state index in [0.29, 0.717) is 31.7 Å². The van der Waals surface area contributed by atoms with Gasteiger partial charge in [-0.25, -0.2) is 0 Å². The van der Waals surface area contributed by atoms with Gasteiger partial charge >= 0.3 is 6.18 Å². The van der Waals surface area contributed by atoms with Crippen molar-refractivity contribution in [2.45, 2.75) is 44.8 Å². The zero-order valence-corrected chi connectivity index (χ0v) is 16.7. The molecule has 29 heavy (non-hydrogen) atoms. The largest absolute Gasteiger partial charge is 0.416 e. The van der Waals surface area contributed by atoms with Crippen molar-refractivity contribution in [3.8, 4) is 0 Å². The summed E-state index contributed by atoms with van der Waals surface area (Å²) in [6, 6.07) is 4.54. The second-order valence-corrected chi connectivity index (χ2v) is 7.85. The summed E-state index contributed by atoms with van der Waals surface area (Å²) in [6.07, 6.45) is -0.991. The normalized spacial score (nSPS) is 19.9. The average Bonchev–Trinajstić information content (AvgIpc) is 2.73. The van der Waals surface area contributed by atoms with Gasteiger partial charge in [0.2, 0.25) is 11.8 Å². The molecule has 0 radical (unpaired) electrons. The number of halogens is 3. The van der Waals surface area contributed by atoms with Gasteiger partial charge in [0.1, 0.15) is 0 Å². The molecule has 2 heterocycles. The second-order valence-electron chi connectivity index (χ2n) is 7.85. The van der Waals surface area contributed by atoms with Crippen molar-refractivity contribution < 1.29 is 22.8 Å². The lowest BCUT2D eigenvalue weighted by Crippen LogP contribution is -2.56. The van der Waals surface area contributed by atoms with E-state index in [-0.39, 0.29) is 24.3 Å². The van der Waals surface area contributed by atoms with Gasteiger partial charge in [0.15, 0.2) is 0 Å². The van der Waals surface area contributed by atoms with E-state index >= 15 is 0 Å². The fourth-order valence-electron chi connectivity index (χ4n) is 3.99. The molecule has 1 aromatic rings. The van der Waals surface area contributed by atoms with E-state index in [4.69, 9.17) is 0 Å². The molecule has 1 unspecified atom stereocenters. The van der Waals surface area contributed by atoms with Gasteiger partial charge in [-0.15, -0.1) is 0 Å². The van der Waals surface area contributed by atoms with E-state index in [2.05, 4.69) is 4.90 Å². The summed E-state index contributed by atoms with van der Waals surface area (Å²) >= 11 is 0. The number of rotatable bonds is 4. The fraction of sp³-hybridized carbons (Fsp3) is 0.619. The number of piperidine rings is 1. The average molecular weight is 411 g/mol. The summed E-state index contributed by atoms with van der Waals surface area (Å²) in [6.45, 7) is 5.88. The van der Waals surface area contributed by atoms with Crippen molar-refractivity contribution in [1.29, 1.82) is 0 Å². The summed E-state index contributed by atoms with van der Waals surface area (Å²) in [5, 5.41) is 0. The van der Waals surface area contributed by atoms with Crippen LogP contribution in [0.25, 0.3) is 0 Å². The first-order valence-corrected chi connectivity index (χ1v) is 10.2. The van der Waals surface area contributed by atoms with Crippen LogP contribution in [0.4, 0.5) is 13.2 Å². The number of carbonyl (C=O) groups is 2. The van der Waals surface area contributed by atoms with E-state index in [0.717, 1.165) is 38.1 Å². The number of nitrogens with zero attached hydrogens (tertiary/aromatic N) is 3. The van der Waals surface area contributed by atoms with Crippen molar-refractivity contribution in [1.82, 2.24) is 14.7 Å². The molecule has 2 saturated heterocycles. The van der Waals surface area contributed by atoms with Crippen LogP contribution >= 0.6 is 0 Å². The van der Waals surface area contributed by atoms with Gasteiger partial charge in [-0.1, -0.05) is 12.1 Å². The van der Waals surface area contributed by atoms with Gasteiger partial charge < -0.3 is 9.80 Å². The van der Waals surface area contributed by atoms with E-state index < -0.39 is 11.7 Å². The quantitative estimate of drug-likeness (QED) is 0.765. The van der Waals surface area contributed by atoms with Crippen molar-refractivity contribution in [2.75, 3.05) is 39.3 Å². The van der Waals surface area contributed by atoms with E-state index in [1.807, 2.05) is 11.8 Å². The summed E-state index contributed by atoms with van der Waals surface area (Å²) in [7, 11) is 0. The van der Waals surface area contributed by atoms with Crippen molar-refractivity contribution in [2.24, 2.45) is 0 Å². The molecule has 0 saturated carbocycles. The lowest BCUT2D eigenvalue weighted by atomic mass is 10.1. The molecule has 1 atom stereocenters. The Kier molecular flexibility index (Phi) is 6.82. The highest BCUT2D eigenvalue weighted by Crippen LogP contribution is 2.29. The number of benzene rings is 1. The molecule has 160 valence electrons. The lowest BCUT2D eigenvalue weighted by molar-refractivity contribution is -0.139. The number of hydrogen-bond acceptors (Lipinski definition) is 3. The third-order valence-corrected chi connectivity index (χ3v) is 5.88. The van der Waals surface area contributed by atoms with Crippen LogP contribution in [0.5, 0.6) is 0 Å². The first kappa shape index (κ1) is 21.6. The Morgan fingerprint density at radius 2 is 1.48 bits per heavy atom. The van der Waals surface area contributed by atoms with Gasteiger partial charge in [0.25, 0.3) is 0 Å². The highest BCUT2D eigenvalue weighted by molar-refractivity contribution is 5.82. The Morgan fingerprint density at radius 1 is 0.897 bits per heavy atom. The molecule has 0 aliphatic carbocycles. The molecule has 1 aromatic carbocycles. The number of piperazine rings is 1. The number of carbonyl (C=O) groups excluding carboxylic acids is 2. The van der Waals surface area contributed by atoms with Crippen LogP contribution < -0.4 is 0 Å². The van der Waals surface area contributed by atoms with Gasteiger partial charge in [-0.05, 0) is 43.9 Å². The smallest absolute Gasteiger partial charge is 0.341 e. The van der Waals surface area contributed by atoms with Crippen LogP contribution in [0.2, 0.25) is 0 Å². The summed E-state index contributed by atoms with van der Waals surface area (Å²) in [5.41, 5.74) is -0.145. The maximum absolute atomic E-state index is 12.7. The van der Waals surface area contributed by atoms with Gasteiger partial charge in [0.05, 0.1) is 18.0 Å². The van der Waals surface area contributed by atoms with Crippen LogP contribution in [0, 0.1) is 0 Å². The zero-order valence-electron chi connectivity index (χ0n) is 16.7. The second kappa shape index (κ2) is 9.15. The number of amides is 2. The maximum Gasteiger partial charge on any atom is 0.416 e. The van der Waals surface area contributed by atoms with Crippen LogP contribution in [0.3, 0.4) is 0 Å². The van der Waals surface area contributed by atoms with Gasteiger partial charge in [-0.3, -0.25) is 14.5 Å². The minimum atomic E-state index is -4.37. The predicted octanol–water partition coefficient (Wildman–Crippen LogP) is 2.79. The third-order valence-electron chi connectivity index (χ3n) is 5.88. The monoisotopic (exact) mass is 411 g/mol. The minimum absolute atomic E-state index is 0.0837. The molecule has 8 heteroatoms. The molecule has 0 spiro atoms. The standard InChI is InChI=1S/C21H28F3N3O2/c1-16(20(29)27-9-3-2-4-10-27)25-11-13-26(14-12-25)19(28)15-17-5-7-18(8-6-17)21(22,23)24/h5-8,16H,2-4,9-15H2,1H3. The number of hydrogen-bond donors (Lipinski definition) is 0. The van der Waals surface area contributed by atoms with E-state index in [9.17, 15) is 22.8 Å². The molecule has 5 nitrogen and oxygen atoms in total. The van der Waals surface area contributed by atoms with Gasteiger partial charge in [-0.2, -0.15) is 13.2 Å². The molecule has 2 amide bonds. The molecule has 3 rings (SSSR count). The Labute approximate surface area is 169 Å². The molecule has 0 bridgehead atoms. The van der Waals surface area contributed by atoms with Crippen LogP contribution in [0.15, 0.2) is 24.3 Å². The van der Waals surface area contributed by atoms with E-state index in [1.165, 1.54) is 18.6 Å². The third kappa shape index (κ3) is 5.50. The fourth-order valence-corrected chi connectivity index (χ4v) is 3.99. The van der Waals surface area contributed by atoms with Gasteiger partial charge in [0, 0.05) is 39.3 Å². The Hall–Kier alpha value is -2.09. The summed E-state index contributed by atoms with van der Waals surface area (Å²) < 4.78 is 37.9. The summed E-state index contributed by atoms with van der Waals surface area (Å²) in [5.74, 6) is 0.0636. The van der Waals surface area contributed by atoms with E-state index in [1.54, 1.807) is 4.90 Å². The molecule has 0 N–H and O–H groups in total. The molecule has 2 fully saturated rings. The van der Waals surface area contributed by atoms with Crippen molar-refractivity contribution in [3.63, 3.8) is 0 Å². The van der Waals surface area contributed by atoms with Crippen molar-refractivity contribution >= 4 is 11.8 Å². The molecular weight excluding hydrogens is 383 g/mol. The topological polar surface area (TPSA) is 43.9 Å². The molecule has 2 aliphatic heterocycles. The maximum atomic E-state index is 12.7. The molecule has 0 aromatic heterocycles.